The second-order valence-corrected chi connectivity index (χ2v) is 6.77. The summed E-state index contributed by atoms with van der Waals surface area (Å²) in [5.74, 6) is 0.899. The Balaban J connectivity index is 1.68. The maximum absolute atomic E-state index is 11.3. The van der Waals surface area contributed by atoms with E-state index in [1.54, 1.807) is 49.6 Å². The highest BCUT2D eigenvalue weighted by Gasteiger charge is 2.15. The number of rotatable bonds is 9. The molecule has 10 nitrogen and oxygen atoms in total. The molecule has 0 unspecified atom stereocenters. The summed E-state index contributed by atoms with van der Waals surface area (Å²) >= 11 is 0. The Morgan fingerprint density at radius 3 is 2.24 bits per heavy atom. The first kappa shape index (κ1) is 22.3. The summed E-state index contributed by atoms with van der Waals surface area (Å²) in [6.07, 6.45) is 0. The van der Waals surface area contributed by atoms with Gasteiger partial charge in [-0.05, 0) is 42.5 Å². The number of nitrogens with one attached hydrogen (secondary N) is 1. The van der Waals surface area contributed by atoms with Crippen LogP contribution in [0.5, 0.6) is 35.0 Å². The number of aromatic carboxylic acids is 1. The Bertz CT molecular complexity index is 1300. The number of carboxylic acids is 1. The van der Waals surface area contributed by atoms with Gasteiger partial charge in [0, 0.05) is 11.8 Å². The van der Waals surface area contributed by atoms with Crippen LogP contribution in [-0.2, 0) is 0 Å². The lowest BCUT2D eigenvalue weighted by Gasteiger charge is -2.12. The zero-order valence-electron chi connectivity index (χ0n) is 18.3. The highest BCUT2D eigenvalue weighted by Crippen LogP contribution is 2.34. The second-order valence-electron chi connectivity index (χ2n) is 6.77. The van der Waals surface area contributed by atoms with Gasteiger partial charge in [0.2, 0.25) is 5.95 Å². The van der Waals surface area contributed by atoms with E-state index in [-0.39, 0.29) is 23.5 Å². The molecule has 0 aliphatic heterocycles. The molecule has 0 bridgehead atoms. The molecule has 3 aromatic carbocycles. The van der Waals surface area contributed by atoms with E-state index in [2.05, 4.69) is 20.3 Å². The molecule has 172 valence electrons. The molecule has 0 spiro atoms. The molecule has 34 heavy (non-hydrogen) atoms. The number of hydrogen-bond donors (Lipinski definition) is 2. The lowest BCUT2D eigenvalue weighted by atomic mass is 10.2. The molecule has 0 aliphatic rings. The number of nitrogens with zero attached hydrogens (tertiary/aromatic N) is 3. The number of hydrogen-bond acceptors (Lipinski definition) is 9. The summed E-state index contributed by atoms with van der Waals surface area (Å²) in [6.45, 7) is 0. The van der Waals surface area contributed by atoms with E-state index in [1.165, 1.54) is 19.2 Å². The molecule has 1 aromatic heterocycles. The SMILES string of the molecule is COc1ccc(Oc2nc(Nc3cccc(C(=O)O)c3)nc(Oc3ccccc3)n2)c(OC)c1. The molecule has 4 rings (SSSR count). The summed E-state index contributed by atoms with van der Waals surface area (Å²) in [6, 6.07) is 20.1. The zero-order chi connectivity index (χ0) is 23.9. The predicted molar refractivity (Wildman–Crippen MR) is 123 cm³/mol. The topological polar surface area (TPSA) is 125 Å². The van der Waals surface area contributed by atoms with Crippen LogP contribution in [0.3, 0.4) is 0 Å². The normalized spacial score (nSPS) is 10.3. The van der Waals surface area contributed by atoms with Crippen LogP contribution < -0.4 is 24.3 Å². The third-order valence-corrected chi connectivity index (χ3v) is 4.48. The van der Waals surface area contributed by atoms with Gasteiger partial charge in [0.25, 0.3) is 0 Å². The van der Waals surface area contributed by atoms with Crippen molar-refractivity contribution in [3.05, 3.63) is 78.4 Å². The Labute approximate surface area is 194 Å². The second kappa shape index (κ2) is 10.2. The number of benzene rings is 3. The van der Waals surface area contributed by atoms with E-state index in [1.807, 2.05) is 18.2 Å². The fourth-order valence-electron chi connectivity index (χ4n) is 2.90. The predicted octanol–water partition coefficient (Wildman–Crippen LogP) is 4.92. The minimum absolute atomic E-state index is 0.0273. The number of carboxylic acid groups (broad SMARTS) is 1. The van der Waals surface area contributed by atoms with Crippen molar-refractivity contribution < 1.29 is 28.8 Å². The molecule has 2 N–H and O–H groups in total. The maximum Gasteiger partial charge on any atom is 0.335 e. The average molecular weight is 460 g/mol. The first-order valence-corrected chi connectivity index (χ1v) is 10.0. The van der Waals surface area contributed by atoms with E-state index in [0.717, 1.165) is 0 Å². The van der Waals surface area contributed by atoms with Crippen molar-refractivity contribution in [3.8, 4) is 35.0 Å². The Morgan fingerprint density at radius 2 is 1.53 bits per heavy atom. The van der Waals surface area contributed by atoms with Crippen LogP contribution in [0.1, 0.15) is 10.4 Å². The van der Waals surface area contributed by atoms with Crippen LogP contribution in [0.25, 0.3) is 0 Å². The molecule has 0 saturated carbocycles. The fourth-order valence-corrected chi connectivity index (χ4v) is 2.90. The number of para-hydroxylation sites is 1. The summed E-state index contributed by atoms with van der Waals surface area (Å²) in [4.78, 5) is 24.1. The van der Waals surface area contributed by atoms with Crippen LogP contribution >= 0.6 is 0 Å². The number of methoxy groups -OCH3 is 2. The smallest absolute Gasteiger partial charge is 0.335 e. The van der Waals surface area contributed by atoms with Gasteiger partial charge in [-0.2, -0.15) is 9.97 Å². The maximum atomic E-state index is 11.3. The van der Waals surface area contributed by atoms with Crippen molar-refractivity contribution >= 4 is 17.6 Å². The van der Waals surface area contributed by atoms with Crippen molar-refractivity contribution in [2.45, 2.75) is 0 Å². The van der Waals surface area contributed by atoms with Gasteiger partial charge in [0.15, 0.2) is 11.5 Å². The fraction of sp³-hybridized carbons (Fsp3) is 0.0833. The zero-order valence-corrected chi connectivity index (χ0v) is 18.3. The van der Waals surface area contributed by atoms with E-state index in [0.29, 0.717) is 28.7 Å². The van der Waals surface area contributed by atoms with Crippen molar-refractivity contribution in [1.82, 2.24) is 15.0 Å². The van der Waals surface area contributed by atoms with Gasteiger partial charge in [-0.3, -0.25) is 0 Å². The van der Waals surface area contributed by atoms with Crippen LogP contribution in [0, 0.1) is 0 Å². The van der Waals surface area contributed by atoms with E-state index < -0.39 is 5.97 Å². The van der Waals surface area contributed by atoms with Gasteiger partial charge in [-0.15, -0.1) is 4.98 Å². The van der Waals surface area contributed by atoms with Crippen LogP contribution in [0.2, 0.25) is 0 Å². The first-order valence-electron chi connectivity index (χ1n) is 10.0. The van der Waals surface area contributed by atoms with Gasteiger partial charge >= 0.3 is 18.0 Å². The highest BCUT2D eigenvalue weighted by molar-refractivity contribution is 5.89. The van der Waals surface area contributed by atoms with E-state index in [4.69, 9.17) is 18.9 Å². The first-order chi connectivity index (χ1) is 16.5. The third kappa shape index (κ3) is 5.49. The Morgan fingerprint density at radius 1 is 0.765 bits per heavy atom. The lowest BCUT2D eigenvalue weighted by Crippen LogP contribution is -2.05. The minimum Gasteiger partial charge on any atom is -0.497 e. The summed E-state index contributed by atoms with van der Waals surface area (Å²) in [5.41, 5.74) is 0.573. The van der Waals surface area contributed by atoms with Crippen molar-refractivity contribution in [2.75, 3.05) is 19.5 Å². The number of anilines is 2. The van der Waals surface area contributed by atoms with Gasteiger partial charge in [0.1, 0.15) is 11.5 Å². The van der Waals surface area contributed by atoms with Crippen LogP contribution in [0.4, 0.5) is 11.6 Å². The average Bonchev–Trinajstić information content (AvgIpc) is 2.85. The van der Waals surface area contributed by atoms with Crippen molar-refractivity contribution in [2.24, 2.45) is 0 Å². The van der Waals surface area contributed by atoms with Gasteiger partial charge < -0.3 is 29.4 Å². The summed E-state index contributed by atoms with van der Waals surface area (Å²) in [5, 5.41) is 12.2. The van der Waals surface area contributed by atoms with Gasteiger partial charge in [0.05, 0.1) is 19.8 Å². The molecular weight excluding hydrogens is 440 g/mol. The van der Waals surface area contributed by atoms with Crippen molar-refractivity contribution in [1.29, 1.82) is 0 Å². The quantitative estimate of drug-likeness (QED) is 0.356. The molecule has 1 heterocycles. The molecular formula is C24H20N4O6. The van der Waals surface area contributed by atoms with E-state index >= 15 is 0 Å². The highest BCUT2D eigenvalue weighted by atomic mass is 16.5. The Kier molecular flexibility index (Phi) is 6.68. The molecule has 4 aromatic rings. The summed E-state index contributed by atoms with van der Waals surface area (Å²) < 4.78 is 22.2. The van der Waals surface area contributed by atoms with Crippen LogP contribution in [0.15, 0.2) is 72.8 Å². The van der Waals surface area contributed by atoms with E-state index in [9.17, 15) is 9.90 Å². The standard InChI is InChI=1S/C24H20N4O6/c1-31-18-11-12-19(20(14-18)32-2)34-24-27-22(25-16-8-6-7-15(13-16)21(29)30)26-23(28-24)33-17-9-4-3-5-10-17/h3-14H,1-2H3,(H,29,30)(H,25,26,27,28). The number of ether oxygens (including phenoxy) is 4. The molecule has 0 atom stereocenters. The molecule has 0 saturated heterocycles. The molecule has 10 heteroatoms. The van der Waals surface area contributed by atoms with Crippen molar-refractivity contribution in [3.63, 3.8) is 0 Å². The molecule has 0 fully saturated rings. The third-order valence-electron chi connectivity index (χ3n) is 4.48. The monoisotopic (exact) mass is 460 g/mol. The number of aromatic nitrogens is 3. The Hall–Kier alpha value is -4.86. The largest absolute Gasteiger partial charge is 0.497 e. The summed E-state index contributed by atoms with van der Waals surface area (Å²) in [7, 11) is 3.05. The lowest BCUT2D eigenvalue weighted by molar-refractivity contribution is 0.0697. The van der Waals surface area contributed by atoms with Crippen LogP contribution in [-0.4, -0.2) is 40.2 Å². The van der Waals surface area contributed by atoms with Gasteiger partial charge in [-0.25, -0.2) is 4.79 Å². The molecule has 0 radical (unpaired) electrons. The minimum atomic E-state index is -1.05. The molecule has 0 aliphatic carbocycles. The van der Waals surface area contributed by atoms with Gasteiger partial charge in [-0.1, -0.05) is 24.3 Å². The number of carbonyl (C=O) groups is 1. The molecule has 0 amide bonds.